The van der Waals surface area contributed by atoms with Crippen LogP contribution < -0.4 is 15.2 Å². The summed E-state index contributed by atoms with van der Waals surface area (Å²) in [6, 6.07) is 9.53. The van der Waals surface area contributed by atoms with Gasteiger partial charge in [-0.25, -0.2) is 9.97 Å². The Kier molecular flexibility index (Phi) is 3.79. The van der Waals surface area contributed by atoms with Crippen molar-refractivity contribution in [2.45, 2.75) is 12.8 Å². The van der Waals surface area contributed by atoms with Gasteiger partial charge >= 0.3 is 6.29 Å². The van der Waals surface area contributed by atoms with Crippen molar-refractivity contribution in [3.63, 3.8) is 0 Å². The van der Waals surface area contributed by atoms with Crippen LogP contribution in [0.2, 0.25) is 0 Å². The Morgan fingerprint density at radius 3 is 2.80 bits per heavy atom. The molecule has 0 atom stereocenters. The maximum absolute atomic E-state index is 13.2. The molecule has 4 aromatic rings. The molecule has 1 amide bonds. The number of nitrogens with zero attached hydrogens (tertiary/aromatic N) is 4. The van der Waals surface area contributed by atoms with Gasteiger partial charge in [-0.3, -0.25) is 9.20 Å². The number of fused-ring (bicyclic) bond motifs is 4. The van der Waals surface area contributed by atoms with E-state index in [0.717, 1.165) is 0 Å². The lowest BCUT2D eigenvalue weighted by molar-refractivity contribution is -0.286. The summed E-state index contributed by atoms with van der Waals surface area (Å²) in [4.78, 5) is 22.9. The van der Waals surface area contributed by atoms with Crippen LogP contribution in [0.25, 0.3) is 16.6 Å². The summed E-state index contributed by atoms with van der Waals surface area (Å²) in [7, 11) is 1.62. The van der Waals surface area contributed by atoms with E-state index in [1.165, 1.54) is 17.0 Å². The second-order valence-corrected chi connectivity index (χ2v) is 6.96. The summed E-state index contributed by atoms with van der Waals surface area (Å²) < 4.78 is 37.0. The smallest absolute Gasteiger partial charge is 0.395 e. The van der Waals surface area contributed by atoms with E-state index < -0.39 is 6.29 Å². The predicted octanol–water partition coefficient (Wildman–Crippen LogP) is 3.06. The molecule has 5 rings (SSSR count). The third-order valence-electron chi connectivity index (χ3n) is 4.86. The number of rotatable bonds is 3. The Labute approximate surface area is 168 Å². The first-order valence-corrected chi connectivity index (χ1v) is 8.96. The van der Waals surface area contributed by atoms with Gasteiger partial charge in [0.1, 0.15) is 11.3 Å². The molecule has 0 radical (unpaired) electrons. The molecule has 3 heterocycles. The van der Waals surface area contributed by atoms with Gasteiger partial charge in [-0.1, -0.05) is 6.07 Å². The van der Waals surface area contributed by atoms with Crippen molar-refractivity contribution in [2.75, 3.05) is 12.8 Å². The van der Waals surface area contributed by atoms with Gasteiger partial charge in [0.05, 0.1) is 23.6 Å². The first-order chi connectivity index (χ1) is 14.3. The molecule has 0 spiro atoms. The monoisotopic (exact) mass is 411 g/mol. The minimum Gasteiger partial charge on any atom is -0.395 e. The minimum atomic E-state index is -3.68. The molecule has 0 fully saturated rings. The van der Waals surface area contributed by atoms with Crippen molar-refractivity contribution >= 4 is 28.3 Å². The van der Waals surface area contributed by atoms with Gasteiger partial charge in [-0.2, -0.15) is 0 Å². The number of imidazole rings is 1. The van der Waals surface area contributed by atoms with Crippen molar-refractivity contribution in [1.29, 1.82) is 0 Å². The quantitative estimate of drug-likeness (QED) is 0.557. The SMILES string of the molecule is CN(Cc1ccc2c(c1)OC(F)(F)O2)C(=O)c1ccc2nc(N)c3cncn3c2c1. The fourth-order valence-corrected chi connectivity index (χ4v) is 3.47. The van der Waals surface area contributed by atoms with Crippen LogP contribution in [0, 0.1) is 0 Å². The number of hydrogen-bond donors (Lipinski definition) is 1. The van der Waals surface area contributed by atoms with Crippen LogP contribution in [0.4, 0.5) is 14.6 Å². The lowest BCUT2D eigenvalue weighted by Gasteiger charge is -2.18. The summed E-state index contributed by atoms with van der Waals surface area (Å²) in [5, 5.41) is 0. The number of anilines is 1. The van der Waals surface area contributed by atoms with E-state index in [1.54, 1.807) is 48.2 Å². The zero-order valence-electron chi connectivity index (χ0n) is 15.7. The van der Waals surface area contributed by atoms with Gasteiger partial charge < -0.3 is 20.1 Å². The predicted molar refractivity (Wildman–Crippen MR) is 103 cm³/mol. The van der Waals surface area contributed by atoms with E-state index in [0.29, 0.717) is 33.5 Å². The van der Waals surface area contributed by atoms with Gasteiger partial charge in [0.2, 0.25) is 0 Å². The Bertz CT molecular complexity index is 1320. The van der Waals surface area contributed by atoms with Gasteiger partial charge in [0.15, 0.2) is 11.5 Å². The molecule has 0 saturated heterocycles. The molecule has 0 unspecified atom stereocenters. The zero-order valence-corrected chi connectivity index (χ0v) is 15.7. The van der Waals surface area contributed by atoms with E-state index in [9.17, 15) is 13.6 Å². The average molecular weight is 411 g/mol. The molecule has 0 aliphatic carbocycles. The molecule has 2 aromatic carbocycles. The van der Waals surface area contributed by atoms with E-state index in [4.69, 9.17) is 5.73 Å². The normalized spacial score (nSPS) is 14.4. The number of carbonyl (C=O) groups is 1. The van der Waals surface area contributed by atoms with Crippen molar-refractivity contribution < 1.29 is 23.0 Å². The number of ether oxygens (including phenoxy) is 2. The number of alkyl halides is 2. The summed E-state index contributed by atoms with van der Waals surface area (Å²) in [6.45, 7) is 0.194. The molecule has 0 bridgehead atoms. The number of carbonyl (C=O) groups excluding carboxylic acids is 1. The molecule has 8 nitrogen and oxygen atoms in total. The number of hydrogen-bond acceptors (Lipinski definition) is 6. The molecule has 30 heavy (non-hydrogen) atoms. The van der Waals surface area contributed by atoms with E-state index >= 15 is 0 Å². The summed E-state index contributed by atoms with van der Waals surface area (Å²) in [5.74, 6) is 0.00756. The molecule has 1 aliphatic heterocycles. The highest BCUT2D eigenvalue weighted by Gasteiger charge is 2.43. The second kappa shape index (κ2) is 6.28. The number of amides is 1. The summed E-state index contributed by atoms with van der Waals surface area (Å²) >= 11 is 0. The summed E-state index contributed by atoms with van der Waals surface area (Å²) in [6.07, 6.45) is -0.467. The number of nitrogen functional groups attached to an aromatic ring is 1. The first kappa shape index (κ1) is 18.1. The van der Waals surface area contributed by atoms with Gasteiger partial charge in [0.25, 0.3) is 5.91 Å². The van der Waals surface area contributed by atoms with Crippen molar-refractivity contribution in [3.8, 4) is 11.5 Å². The molecule has 10 heteroatoms. The molecule has 1 aliphatic rings. The summed E-state index contributed by atoms with van der Waals surface area (Å²) in [5.41, 5.74) is 8.99. The highest BCUT2D eigenvalue weighted by Crippen LogP contribution is 2.41. The zero-order chi connectivity index (χ0) is 21.0. The van der Waals surface area contributed by atoms with Crippen molar-refractivity contribution in [1.82, 2.24) is 19.3 Å². The number of benzene rings is 2. The maximum Gasteiger partial charge on any atom is 0.586 e. The van der Waals surface area contributed by atoms with Crippen LogP contribution in [-0.2, 0) is 6.54 Å². The third-order valence-corrected chi connectivity index (χ3v) is 4.86. The van der Waals surface area contributed by atoms with Gasteiger partial charge in [-0.15, -0.1) is 8.78 Å². The number of halogens is 2. The van der Waals surface area contributed by atoms with E-state index in [-0.39, 0.29) is 24.0 Å². The van der Waals surface area contributed by atoms with Crippen LogP contribution in [0.1, 0.15) is 15.9 Å². The lowest BCUT2D eigenvalue weighted by atomic mass is 10.1. The molecule has 152 valence electrons. The standard InChI is InChI=1S/C20H15F2N5O3/c1-26(9-11-2-5-16-17(6-11)30-20(21,22)29-16)19(28)12-3-4-13-14(7-12)27-10-24-8-15(27)18(23)25-13/h2-8,10H,9H2,1H3,(H2,23,25). The van der Waals surface area contributed by atoms with Crippen LogP contribution in [-0.4, -0.2) is 38.5 Å². The van der Waals surface area contributed by atoms with Crippen molar-refractivity contribution in [3.05, 3.63) is 60.0 Å². The molecular weight excluding hydrogens is 396 g/mol. The Morgan fingerprint density at radius 2 is 1.97 bits per heavy atom. The van der Waals surface area contributed by atoms with Crippen LogP contribution >= 0.6 is 0 Å². The van der Waals surface area contributed by atoms with Gasteiger partial charge in [0, 0.05) is 19.2 Å². The van der Waals surface area contributed by atoms with Crippen LogP contribution in [0.3, 0.4) is 0 Å². The van der Waals surface area contributed by atoms with E-state index in [2.05, 4.69) is 19.4 Å². The highest BCUT2D eigenvalue weighted by molar-refractivity contribution is 5.98. The Balaban J connectivity index is 1.42. The maximum atomic E-state index is 13.2. The number of nitrogens with two attached hydrogens (primary N) is 1. The third kappa shape index (κ3) is 2.93. The molecular formula is C20H15F2N5O3. The Morgan fingerprint density at radius 1 is 1.17 bits per heavy atom. The van der Waals surface area contributed by atoms with Crippen LogP contribution in [0.5, 0.6) is 11.5 Å². The molecule has 0 saturated carbocycles. The van der Waals surface area contributed by atoms with Crippen molar-refractivity contribution in [2.24, 2.45) is 0 Å². The number of aromatic nitrogens is 3. The fourth-order valence-electron chi connectivity index (χ4n) is 3.47. The lowest BCUT2D eigenvalue weighted by Crippen LogP contribution is -2.26. The second-order valence-electron chi connectivity index (χ2n) is 6.96. The largest absolute Gasteiger partial charge is 0.586 e. The van der Waals surface area contributed by atoms with Gasteiger partial charge in [-0.05, 0) is 35.9 Å². The highest BCUT2D eigenvalue weighted by atomic mass is 19.3. The minimum absolute atomic E-state index is 0.0385. The Hall–Kier alpha value is -3.95. The molecule has 2 aromatic heterocycles. The van der Waals surface area contributed by atoms with Crippen LogP contribution in [0.15, 0.2) is 48.9 Å². The van der Waals surface area contributed by atoms with E-state index in [1.807, 2.05) is 0 Å². The first-order valence-electron chi connectivity index (χ1n) is 8.96. The fraction of sp³-hybridized carbons (Fsp3) is 0.150. The average Bonchev–Trinajstić information content (AvgIpc) is 3.30. The topological polar surface area (TPSA) is 95.0 Å². The molecule has 2 N–H and O–H groups in total.